The summed E-state index contributed by atoms with van der Waals surface area (Å²) in [5, 5.41) is 3.01. The van der Waals surface area contributed by atoms with E-state index in [-0.39, 0.29) is 5.76 Å². The summed E-state index contributed by atoms with van der Waals surface area (Å²) in [6, 6.07) is 11.5. The van der Waals surface area contributed by atoms with E-state index in [0.717, 1.165) is 0 Å². The molecule has 0 aliphatic heterocycles. The Morgan fingerprint density at radius 1 is 1.23 bits per heavy atom. The number of methoxy groups -OCH3 is 1. The molecular formula is C21H13ClN2O5S. The van der Waals surface area contributed by atoms with Crippen molar-refractivity contribution in [3.63, 3.8) is 0 Å². The standard InChI is InChI=1S/C21H13ClN2O5S/c1-28-21(27)18-17(19-15(29-18)8-12(10-25)30-19)11-6-7-16(23-9-11)24-20(26)13-4-2-3-5-14(13)22/h2-10H,1H3,(H,23,24,26). The molecule has 1 aromatic carbocycles. The van der Waals surface area contributed by atoms with E-state index in [1.807, 2.05) is 0 Å². The van der Waals surface area contributed by atoms with Gasteiger partial charge in [-0.3, -0.25) is 9.59 Å². The molecule has 30 heavy (non-hydrogen) atoms. The number of amides is 1. The van der Waals surface area contributed by atoms with Crippen molar-refractivity contribution in [3.8, 4) is 11.1 Å². The summed E-state index contributed by atoms with van der Waals surface area (Å²) in [6.07, 6.45) is 2.21. The minimum absolute atomic E-state index is 0.0193. The second-order valence-corrected chi connectivity index (χ2v) is 7.61. The highest BCUT2D eigenvalue weighted by molar-refractivity contribution is 7.21. The number of nitrogens with one attached hydrogen (secondary N) is 1. The highest BCUT2D eigenvalue weighted by atomic mass is 35.5. The van der Waals surface area contributed by atoms with Crippen LogP contribution in [0.25, 0.3) is 21.4 Å². The van der Waals surface area contributed by atoms with Gasteiger partial charge in [-0.2, -0.15) is 0 Å². The number of aromatic nitrogens is 1. The van der Waals surface area contributed by atoms with Gasteiger partial charge in [0.1, 0.15) is 11.4 Å². The Balaban J connectivity index is 1.68. The SMILES string of the molecule is COC(=O)c1oc2cc(C=O)sc2c1-c1ccc(NC(=O)c2ccccc2Cl)nc1. The smallest absolute Gasteiger partial charge is 0.374 e. The summed E-state index contributed by atoms with van der Waals surface area (Å²) in [4.78, 5) is 40.4. The molecule has 0 bridgehead atoms. The first kappa shape index (κ1) is 19.8. The molecule has 0 radical (unpaired) electrons. The first-order valence-electron chi connectivity index (χ1n) is 8.64. The molecule has 4 aromatic rings. The number of furan rings is 1. The fourth-order valence-electron chi connectivity index (χ4n) is 2.91. The van der Waals surface area contributed by atoms with Gasteiger partial charge < -0.3 is 14.5 Å². The van der Waals surface area contributed by atoms with E-state index in [1.165, 1.54) is 24.6 Å². The molecule has 0 spiro atoms. The van der Waals surface area contributed by atoms with Crippen LogP contribution in [-0.2, 0) is 4.74 Å². The van der Waals surface area contributed by atoms with Crippen molar-refractivity contribution in [3.05, 3.63) is 69.9 Å². The van der Waals surface area contributed by atoms with Crippen molar-refractivity contribution in [1.29, 1.82) is 0 Å². The lowest BCUT2D eigenvalue weighted by molar-refractivity contribution is 0.0568. The van der Waals surface area contributed by atoms with Crippen molar-refractivity contribution >= 4 is 57.2 Å². The number of aldehydes is 1. The number of ether oxygens (including phenoxy) is 1. The molecule has 0 saturated carbocycles. The van der Waals surface area contributed by atoms with Gasteiger partial charge in [0.2, 0.25) is 5.76 Å². The van der Waals surface area contributed by atoms with E-state index in [9.17, 15) is 14.4 Å². The molecule has 1 N–H and O–H groups in total. The fraction of sp³-hybridized carbons (Fsp3) is 0.0476. The van der Waals surface area contributed by atoms with Crippen molar-refractivity contribution in [2.45, 2.75) is 0 Å². The third-order valence-electron chi connectivity index (χ3n) is 4.28. The number of carbonyl (C=O) groups is 3. The zero-order valence-corrected chi connectivity index (χ0v) is 17.0. The quantitative estimate of drug-likeness (QED) is 0.344. The number of esters is 1. The largest absolute Gasteiger partial charge is 0.463 e. The zero-order chi connectivity index (χ0) is 21.3. The molecule has 7 nitrogen and oxygen atoms in total. The Hall–Kier alpha value is -3.49. The summed E-state index contributed by atoms with van der Waals surface area (Å²) in [5.74, 6) is -0.707. The van der Waals surface area contributed by atoms with Gasteiger partial charge in [0.15, 0.2) is 6.29 Å². The molecule has 0 unspecified atom stereocenters. The molecule has 0 aliphatic rings. The third kappa shape index (κ3) is 3.58. The number of benzene rings is 1. The van der Waals surface area contributed by atoms with Crippen LogP contribution < -0.4 is 5.32 Å². The number of fused-ring (bicyclic) bond motifs is 1. The minimum atomic E-state index is -0.642. The van der Waals surface area contributed by atoms with Crippen LogP contribution in [0.15, 0.2) is 53.1 Å². The van der Waals surface area contributed by atoms with Gasteiger partial charge in [-0.1, -0.05) is 23.7 Å². The lowest BCUT2D eigenvalue weighted by Gasteiger charge is -2.07. The van der Waals surface area contributed by atoms with Crippen LogP contribution in [0.1, 0.15) is 30.6 Å². The minimum Gasteiger partial charge on any atom is -0.463 e. The molecule has 3 heterocycles. The summed E-state index contributed by atoms with van der Waals surface area (Å²) in [5.41, 5.74) is 1.79. The number of anilines is 1. The summed E-state index contributed by atoms with van der Waals surface area (Å²) >= 11 is 7.25. The van der Waals surface area contributed by atoms with Gasteiger partial charge in [-0.15, -0.1) is 11.3 Å². The second kappa shape index (κ2) is 8.10. The van der Waals surface area contributed by atoms with Gasteiger partial charge in [0, 0.05) is 17.8 Å². The van der Waals surface area contributed by atoms with Crippen LogP contribution in [0.4, 0.5) is 5.82 Å². The first-order chi connectivity index (χ1) is 14.5. The van der Waals surface area contributed by atoms with Crippen LogP contribution in [-0.4, -0.2) is 30.3 Å². The maximum atomic E-state index is 12.4. The molecule has 1 amide bonds. The summed E-state index contributed by atoms with van der Waals surface area (Å²) in [6.45, 7) is 0. The summed E-state index contributed by atoms with van der Waals surface area (Å²) in [7, 11) is 1.26. The number of pyridine rings is 1. The van der Waals surface area contributed by atoms with E-state index in [0.29, 0.717) is 49.0 Å². The third-order valence-corrected chi connectivity index (χ3v) is 5.67. The maximum Gasteiger partial charge on any atom is 0.374 e. The fourth-order valence-corrected chi connectivity index (χ4v) is 4.09. The van der Waals surface area contributed by atoms with Gasteiger partial charge in [0.05, 0.1) is 32.8 Å². The highest BCUT2D eigenvalue weighted by Gasteiger charge is 2.25. The van der Waals surface area contributed by atoms with Crippen LogP contribution in [0, 0.1) is 0 Å². The predicted molar refractivity (Wildman–Crippen MR) is 113 cm³/mol. The average Bonchev–Trinajstić information content (AvgIpc) is 3.31. The van der Waals surface area contributed by atoms with E-state index >= 15 is 0 Å². The molecule has 150 valence electrons. The van der Waals surface area contributed by atoms with Gasteiger partial charge in [-0.05, 0) is 24.3 Å². The Morgan fingerprint density at radius 2 is 2.03 bits per heavy atom. The normalized spacial score (nSPS) is 10.7. The number of halogens is 1. The molecule has 9 heteroatoms. The van der Waals surface area contributed by atoms with E-state index in [1.54, 1.807) is 42.5 Å². The average molecular weight is 441 g/mol. The molecule has 0 atom stereocenters. The van der Waals surface area contributed by atoms with Crippen LogP contribution in [0.5, 0.6) is 0 Å². The molecule has 0 fully saturated rings. The maximum absolute atomic E-state index is 12.4. The monoisotopic (exact) mass is 440 g/mol. The lowest BCUT2D eigenvalue weighted by Crippen LogP contribution is -2.13. The molecule has 0 aliphatic carbocycles. The van der Waals surface area contributed by atoms with Crippen molar-refractivity contribution in [2.24, 2.45) is 0 Å². The summed E-state index contributed by atoms with van der Waals surface area (Å²) < 4.78 is 11.1. The molecule has 0 saturated heterocycles. The highest BCUT2D eigenvalue weighted by Crippen LogP contribution is 2.40. The number of hydrogen-bond acceptors (Lipinski definition) is 7. The number of nitrogens with zero attached hydrogens (tertiary/aromatic N) is 1. The van der Waals surface area contributed by atoms with Crippen LogP contribution in [0.3, 0.4) is 0 Å². The number of carbonyl (C=O) groups excluding carboxylic acids is 3. The van der Waals surface area contributed by atoms with E-state index in [4.69, 9.17) is 20.8 Å². The number of thiophene rings is 1. The molecule has 3 aromatic heterocycles. The topological polar surface area (TPSA) is 98.5 Å². The van der Waals surface area contributed by atoms with E-state index in [2.05, 4.69) is 10.3 Å². The van der Waals surface area contributed by atoms with Gasteiger partial charge in [-0.25, -0.2) is 9.78 Å². The Morgan fingerprint density at radius 3 is 2.70 bits per heavy atom. The van der Waals surface area contributed by atoms with Crippen molar-refractivity contribution < 1.29 is 23.5 Å². The first-order valence-corrected chi connectivity index (χ1v) is 9.83. The van der Waals surface area contributed by atoms with Crippen LogP contribution >= 0.6 is 22.9 Å². The van der Waals surface area contributed by atoms with Gasteiger partial charge >= 0.3 is 5.97 Å². The number of hydrogen-bond donors (Lipinski definition) is 1. The molecular weight excluding hydrogens is 428 g/mol. The van der Waals surface area contributed by atoms with Crippen molar-refractivity contribution in [1.82, 2.24) is 4.98 Å². The second-order valence-electron chi connectivity index (χ2n) is 6.12. The van der Waals surface area contributed by atoms with E-state index < -0.39 is 11.9 Å². The Kier molecular flexibility index (Phi) is 5.35. The van der Waals surface area contributed by atoms with Crippen LogP contribution in [0.2, 0.25) is 5.02 Å². The molecule has 4 rings (SSSR count). The lowest BCUT2D eigenvalue weighted by atomic mass is 10.1. The van der Waals surface area contributed by atoms with Gasteiger partial charge in [0.25, 0.3) is 5.91 Å². The van der Waals surface area contributed by atoms with Crippen molar-refractivity contribution in [2.75, 3.05) is 12.4 Å². The number of rotatable bonds is 5. The zero-order valence-electron chi connectivity index (χ0n) is 15.5. The Labute approximate surface area is 179 Å². The predicted octanol–water partition coefficient (Wildman–Crippen LogP) is 5.06. The Bertz CT molecular complexity index is 1280.